The number of nitrogens with one attached hydrogen (secondary N) is 1. The second-order valence-corrected chi connectivity index (χ2v) is 7.79. The van der Waals surface area contributed by atoms with Gasteiger partial charge in [-0.3, -0.25) is 4.79 Å². The van der Waals surface area contributed by atoms with Gasteiger partial charge < -0.3 is 10.2 Å². The number of anilines is 2. The van der Waals surface area contributed by atoms with Crippen LogP contribution in [0.1, 0.15) is 41.1 Å². The van der Waals surface area contributed by atoms with Gasteiger partial charge in [0.15, 0.2) is 5.82 Å². The first-order valence-corrected chi connectivity index (χ1v) is 10.3. The molecule has 0 saturated carbocycles. The Balaban J connectivity index is 1.52. The molecule has 0 bridgehead atoms. The van der Waals surface area contributed by atoms with Crippen LogP contribution in [0.3, 0.4) is 0 Å². The van der Waals surface area contributed by atoms with Gasteiger partial charge in [-0.15, -0.1) is 0 Å². The maximum absolute atomic E-state index is 12.8. The van der Waals surface area contributed by atoms with Gasteiger partial charge in [0.1, 0.15) is 5.69 Å². The minimum absolute atomic E-state index is 0.178. The van der Waals surface area contributed by atoms with Gasteiger partial charge in [-0.05, 0) is 75.6 Å². The molecule has 0 radical (unpaired) electrons. The Bertz CT molecular complexity index is 1020. The fourth-order valence-corrected chi connectivity index (χ4v) is 3.86. The molecule has 0 aliphatic carbocycles. The zero-order chi connectivity index (χ0) is 20.4. The summed E-state index contributed by atoms with van der Waals surface area (Å²) in [5.74, 6) is 0.217. The Kier molecular flexibility index (Phi) is 5.53. The van der Waals surface area contributed by atoms with E-state index < -0.39 is 0 Å². The quantitative estimate of drug-likeness (QED) is 0.673. The van der Waals surface area contributed by atoms with Crippen molar-refractivity contribution in [1.29, 1.82) is 0 Å². The number of carbonyl (C=O) groups is 1. The van der Waals surface area contributed by atoms with Gasteiger partial charge in [0.2, 0.25) is 0 Å². The van der Waals surface area contributed by atoms with E-state index in [1.165, 1.54) is 24.9 Å². The molecule has 1 aromatic carbocycles. The van der Waals surface area contributed by atoms with Crippen molar-refractivity contribution in [3.63, 3.8) is 0 Å². The van der Waals surface area contributed by atoms with Crippen LogP contribution in [0.4, 0.5) is 11.4 Å². The van der Waals surface area contributed by atoms with Crippen molar-refractivity contribution in [3.05, 3.63) is 64.6 Å². The molecule has 1 fully saturated rings. The minimum Gasteiger partial charge on any atom is -0.372 e. The summed E-state index contributed by atoms with van der Waals surface area (Å²) in [5, 5.41) is 7.62. The molecular formula is C22H24ClN5O. The minimum atomic E-state index is -0.343. The van der Waals surface area contributed by atoms with E-state index in [1.54, 1.807) is 16.8 Å². The largest absolute Gasteiger partial charge is 0.372 e. The molecule has 1 saturated heterocycles. The summed E-state index contributed by atoms with van der Waals surface area (Å²) in [6.07, 6.45) is 3.76. The second kappa shape index (κ2) is 8.25. The first kappa shape index (κ1) is 19.5. The second-order valence-electron chi connectivity index (χ2n) is 7.39. The average Bonchev–Trinajstić information content (AvgIpc) is 3.07. The van der Waals surface area contributed by atoms with Gasteiger partial charge in [-0.25, -0.2) is 9.67 Å². The van der Waals surface area contributed by atoms with Gasteiger partial charge in [0.25, 0.3) is 5.91 Å². The molecule has 1 aliphatic heterocycles. The summed E-state index contributed by atoms with van der Waals surface area (Å²) in [5.41, 5.74) is 3.91. The van der Waals surface area contributed by atoms with Crippen molar-refractivity contribution in [2.75, 3.05) is 23.3 Å². The number of amides is 1. The van der Waals surface area contributed by atoms with E-state index in [2.05, 4.69) is 20.3 Å². The van der Waals surface area contributed by atoms with Crippen LogP contribution < -0.4 is 10.2 Å². The van der Waals surface area contributed by atoms with Gasteiger partial charge in [0, 0.05) is 30.2 Å². The third kappa shape index (κ3) is 4.27. The molecule has 29 heavy (non-hydrogen) atoms. The van der Waals surface area contributed by atoms with Crippen LogP contribution in [-0.2, 0) is 0 Å². The van der Waals surface area contributed by atoms with E-state index in [4.69, 9.17) is 11.6 Å². The van der Waals surface area contributed by atoms with Crippen LogP contribution >= 0.6 is 11.6 Å². The zero-order valence-electron chi connectivity index (χ0n) is 16.7. The van der Waals surface area contributed by atoms with Crippen molar-refractivity contribution in [2.24, 2.45) is 0 Å². The summed E-state index contributed by atoms with van der Waals surface area (Å²) < 4.78 is 1.70. The Labute approximate surface area is 175 Å². The number of halogens is 1. The van der Waals surface area contributed by atoms with Crippen LogP contribution in [0.25, 0.3) is 5.82 Å². The molecule has 7 heteroatoms. The number of aryl methyl sites for hydroxylation is 2. The van der Waals surface area contributed by atoms with E-state index in [9.17, 15) is 4.79 Å². The van der Waals surface area contributed by atoms with Crippen molar-refractivity contribution >= 4 is 28.9 Å². The third-order valence-electron chi connectivity index (χ3n) is 5.12. The number of benzene rings is 1. The topological polar surface area (TPSA) is 63.1 Å². The smallest absolute Gasteiger partial charge is 0.275 e. The van der Waals surface area contributed by atoms with Crippen LogP contribution in [-0.4, -0.2) is 33.8 Å². The predicted molar refractivity (Wildman–Crippen MR) is 116 cm³/mol. The monoisotopic (exact) mass is 409 g/mol. The summed E-state index contributed by atoms with van der Waals surface area (Å²) >= 11 is 6.26. The number of nitrogens with zero attached hydrogens (tertiary/aromatic N) is 4. The molecule has 0 spiro atoms. The lowest BCUT2D eigenvalue weighted by atomic mass is 10.1. The molecule has 1 N–H and O–H groups in total. The lowest BCUT2D eigenvalue weighted by Crippen LogP contribution is -2.29. The number of hydrogen-bond donors (Lipinski definition) is 1. The lowest BCUT2D eigenvalue weighted by Gasteiger charge is -2.28. The number of carbonyl (C=O) groups excluding carboxylic acids is 1. The fourth-order valence-electron chi connectivity index (χ4n) is 3.67. The number of pyridine rings is 1. The van der Waals surface area contributed by atoms with E-state index >= 15 is 0 Å². The van der Waals surface area contributed by atoms with E-state index in [-0.39, 0.29) is 11.6 Å². The molecule has 1 amide bonds. The number of rotatable bonds is 4. The SMILES string of the molecule is Cc1cc(C)n(-c2ccc(Cl)c(C(=O)Nc3ccc(N4CCCCC4)cc3)n2)n1. The molecular weight excluding hydrogens is 386 g/mol. The van der Waals surface area contributed by atoms with Crippen LogP contribution in [0.15, 0.2) is 42.5 Å². The maximum Gasteiger partial charge on any atom is 0.275 e. The first-order chi connectivity index (χ1) is 14.0. The zero-order valence-corrected chi connectivity index (χ0v) is 17.4. The summed E-state index contributed by atoms with van der Waals surface area (Å²) in [6, 6.07) is 13.3. The van der Waals surface area contributed by atoms with Crippen LogP contribution in [0, 0.1) is 13.8 Å². The molecule has 4 rings (SSSR count). The summed E-state index contributed by atoms with van der Waals surface area (Å²) in [4.78, 5) is 19.6. The standard InChI is InChI=1S/C22H24ClN5O/c1-15-14-16(2)28(26-15)20-11-10-19(23)21(25-20)22(29)24-17-6-8-18(9-7-17)27-12-4-3-5-13-27/h6-11,14H,3-5,12-13H2,1-2H3,(H,24,29). The summed E-state index contributed by atoms with van der Waals surface area (Å²) in [7, 11) is 0. The number of aromatic nitrogens is 3. The van der Waals surface area contributed by atoms with Gasteiger partial charge >= 0.3 is 0 Å². The first-order valence-electron chi connectivity index (χ1n) is 9.88. The number of hydrogen-bond acceptors (Lipinski definition) is 4. The van der Waals surface area contributed by atoms with E-state index in [0.29, 0.717) is 16.5 Å². The maximum atomic E-state index is 12.8. The van der Waals surface area contributed by atoms with Gasteiger partial charge in [0.05, 0.1) is 10.7 Å². The van der Waals surface area contributed by atoms with Crippen molar-refractivity contribution in [3.8, 4) is 5.82 Å². The highest BCUT2D eigenvalue weighted by molar-refractivity contribution is 6.34. The molecule has 2 aromatic heterocycles. The normalized spacial score (nSPS) is 14.1. The molecule has 3 heterocycles. The Morgan fingerprint density at radius 3 is 2.41 bits per heavy atom. The Morgan fingerprint density at radius 2 is 1.76 bits per heavy atom. The average molecular weight is 410 g/mol. The predicted octanol–water partition coefficient (Wildman–Crippen LogP) is 4.78. The highest BCUT2D eigenvalue weighted by Crippen LogP contribution is 2.23. The highest BCUT2D eigenvalue weighted by atomic mass is 35.5. The molecule has 1 aliphatic rings. The highest BCUT2D eigenvalue weighted by Gasteiger charge is 2.16. The van der Waals surface area contributed by atoms with Crippen molar-refractivity contribution < 1.29 is 4.79 Å². The van der Waals surface area contributed by atoms with Gasteiger partial charge in [-0.1, -0.05) is 11.6 Å². The number of piperidine rings is 1. The molecule has 3 aromatic rings. The van der Waals surface area contributed by atoms with E-state index in [1.807, 2.05) is 44.2 Å². The van der Waals surface area contributed by atoms with E-state index in [0.717, 1.165) is 24.5 Å². The third-order valence-corrected chi connectivity index (χ3v) is 5.42. The van der Waals surface area contributed by atoms with Crippen LogP contribution in [0.2, 0.25) is 5.02 Å². The van der Waals surface area contributed by atoms with Crippen molar-refractivity contribution in [1.82, 2.24) is 14.8 Å². The van der Waals surface area contributed by atoms with Gasteiger partial charge in [-0.2, -0.15) is 5.10 Å². The van der Waals surface area contributed by atoms with Crippen LogP contribution in [0.5, 0.6) is 0 Å². The molecule has 150 valence electrons. The lowest BCUT2D eigenvalue weighted by molar-refractivity contribution is 0.102. The molecule has 0 atom stereocenters. The molecule has 0 unspecified atom stereocenters. The Hall–Kier alpha value is -2.86. The fraction of sp³-hybridized carbons (Fsp3) is 0.318. The summed E-state index contributed by atoms with van der Waals surface area (Å²) in [6.45, 7) is 6.04. The van der Waals surface area contributed by atoms with Crippen molar-refractivity contribution in [2.45, 2.75) is 33.1 Å². The Morgan fingerprint density at radius 1 is 1.03 bits per heavy atom. The molecule has 6 nitrogen and oxygen atoms in total.